The molecule has 0 spiro atoms. The molecule has 0 unspecified atom stereocenters. The molecule has 0 saturated carbocycles. The highest BCUT2D eigenvalue weighted by molar-refractivity contribution is 6.29. The highest BCUT2D eigenvalue weighted by atomic mass is 35.5. The summed E-state index contributed by atoms with van der Waals surface area (Å²) in [6.45, 7) is 2.05. The monoisotopic (exact) mass is 318 g/mol. The largest absolute Gasteiger partial charge is 0.497 e. The van der Waals surface area contributed by atoms with Gasteiger partial charge in [0.05, 0.1) is 7.11 Å². The Morgan fingerprint density at radius 2 is 1.82 bits per heavy atom. The first-order valence-electron chi connectivity index (χ1n) is 7.45. The van der Waals surface area contributed by atoms with Gasteiger partial charge in [-0.25, -0.2) is 4.98 Å². The fourth-order valence-corrected chi connectivity index (χ4v) is 2.73. The van der Waals surface area contributed by atoms with Gasteiger partial charge in [0.25, 0.3) is 0 Å². The van der Waals surface area contributed by atoms with Gasteiger partial charge in [0, 0.05) is 24.8 Å². The molecule has 1 aromatic carbocycles. The number of aromatic nitrogens is 2. The van der Waals surface area contributed by atoms with Crippen LogP contribution in [0, 0.1) is 0 Å². The molecule has 1 fully saturated rings. The van der Waals surface area contributed by atoms with Crippen LogP contribution in [-0.4, -0.2) is 30.2 Å². The van der Waals surface area contributed by atoms with Gasteiger partial charge in [0.2, 0.25) is 5.95 Å². The molecule has 116 valence electrons. The third-order valence-electron chi connectivity index (χ3n) is 3.71. The predicted octanol–water partition coefficient (Wildman–Crippen LogP) is 3.87. The molecule has 0 aliphatic carbocycles. The molecule has 1 aromatic heterocycles. The summed E-state index contributed by atoms with van der Waals surface area (Å²) in [5, 5.41) is 3.64. The molecular formula is C16H19ClN4O. The summed E-state index contributed by atoms with van der Waals surface area (Å²) < 4.78 is 5.15. The van der Waals surface area contributed by atoms with Crippen LogP contribution >= 0.6 is 11.6 Å². The van der Waals surface area contributed by atoms with Crippen molar-refractivity contribution >= 4 is 29.1 Å². The Morgan fingerprint density at radius 1 is 1.09 bits per heavy atom. The van der Waals surface area contributed by atoms with Crippen molar-refractivity contribution in [2.24, 2.45) is 0 Å². The van der Waals surface area contributed by atoms with Crippen LogP contribution in [0.25, 0.3) is 0 Å². The highest BCUT2D eigenvalue weighted by Gasteiger charge is 2.14. The van der Waals surface area contributed by atoms with Gasteiger partial charge in [0.1, 0.15) is 16.7 Å². The van der Waals surface area contributed by atoms with Gasteiger partial charge in [-0.15, -0.1) is 0 Å². The van der Waals surface area contributed by atoms with Gasteiger partial charge in [-0.3, -0.25) is 0 Å². The Labute approximate surface area is 135 Å². The minimum Gasteiger partial charge on any atom is -0.497 e. The zero-order valence-corrected chi connectivity index (χ0v) is 13.3. The number of halogens is 1. The zero-order chi connectivity index (χ0) is 15.4. The maximum absolute atomic E-state index is 6.15. The standard InChI is InChI=1S/C16H19ClN4O/c1-22-13-7-5-12(6-8-13)18-16-19-14(17)11-15(20-16)21-9-3-2-4-10-21/h5-8,11H,2-4,9-10H2,1H3,(H,18,19,20). The average Bonchev–Trinajstić information content (AvgIpc) is 2.56. The minimum atomic E-state index is 0.451. The van der Waals surface area contributed by atoms with Crippen molar-refractivity contribution in [1.29, 1.82) is 0 Å². The first kappa shape index (κ1) is 14.9. The SMILES string of the molecule is COc1ccc(Nc2nc(Cl)cc(N3CCCCC3)n2)cc1. The fraction of sp³-hybridized carbons (Fsp3) is 0.375. The second kappa shape index (κ2) is 6.83. The molecule has 0 atom stereocenters. The zero-order valence-electron chi connectivity index (χ0n) is 12.6. The molecule has 1 saturated heterocycles. The molecule has 5 nitrogen and oxygen atoms in total. The van der Waals surface area contributed by atoms with E-state index in [9.17, 15) is 0 Å². The lowest BCUT2D eigenvalue weighted by molar-refractivity contribution is 0.415. The maximum atomic E-state index is 6.15. The lowest BCUT2D eigenvalue weighted by Gasteiger charge is -2.27. The van der Waals surface area contributed by atoms with Crippen LogP contribution in [0.2, 0.25) is 5.15 Å². The Bertz CT molecular complexity index is 627. The molecule has 2 aromatic rings. The van der Waals surface area contributed by atoms with Crippen LogP contribution in [-0.2, 0) is 0 Å². The molecule has 3 rings (SSSR count). The molecule has 22 heavy (non-hydrogen) atoms. The fourth-order valence-electron chi connectivity index (χ4n) is 2.55. The van der Waals surface area contributed by atoms with Gasteiger partial charge >= 0.3 is 0 Å². The summed E-state index contributed by atoms with van der Waals surface area (Å²) in [4.78, 5) is 11.1. The van der Waals surface area contributed by atoms with Crippen LogP contribution in [0.3, 0.4) is 0 Å². The number of hydrogen-bond donors (Lipinski definition) is 1. The summed E-state index contributed by atoms with van der Waals surface area (Å²) in [7, 11) is 1.65. The van der Waals surface area contributed by atoms with Crippen molar-refractivity contribution in [3.05, 3.63) is 35.5 Å². The van der Waals surface area contributed by atoms with E-state index in [4.69, 9.17) is 16.3 Å². The minimum absolute atomic E-state index is 0.451. The Kier molecular flexibility index (Phi) is 4.63. The van der Waals surface area contributed by atoms with E-state index in [1.54, 1.807) is 7.11 Å². The molecule has 0 bridgehead atoms. The van der Waals surface area contributed by atoms with Crippen molar-refractivity contribution in [3.8, 4) is 5.75 Å². The molecule has 0 radical (unpaired) electrons. The van der Waals surface area contributed by atoms with E-state index in [0.717, 1.165) is 30.3 Å². The van der Waals surface area contributed by atoms with Crippen LogP contribution in [0.4, 0.5) is 17.5 Å². The highest BCUT2D eigenvalue weighted by Crippen LogP contribution is 2.24. The Hall–Kier alpha value is -2.01. The first-order valence-corrected chi connectivity index (χ1v) is 7.83. The summed E-state index contributed by atoms with van der Waals surface area (Å²) in [5.74, 6) is 2.21. The van der Waals surface area contributed by atoms with Crippen LogP contribution in [0.1, 0.15) is 19.3 Å². The van der Waals surface area contributed by atoms with Crippen LogP contribution < -0.4 is 15.0 Å². The normalized spacial score (nSPS) is 14.7. The number of nitrogens with zero attached hydrogens (tertiary/aromatic N) is 3. The number of anilines is 3. The van der Waals surface area contributed by atoms with Gasteiger partial charge in [-0.05, 0) is 43.5 Å². The van der Waals surface area contributed by atoms with E-state index in [0.29, 0.717) is 11.1 Å². The van der Waals surface area contributed by atoms with E-state index in [2.05, 4.69) is 20.2 Å². The molecular weight excluding hydrogens is 300 g/mol. The second-order valence-corrected chi connectivity index (χ2v) is 5.66. The topological polar surface area (TPSA) is 50.3 Å². The van der Waals surface area contributed by atoms with E-state index in [1.807, 2.05) is 30.3 Å². The van der Waals surface area contributed by atoms with E-state index in [1.165, 1.54) is 19.3 Å². The number of rotatable bonds is 4. The van der Waals surface area contributed by atoms with Gasteiger partial charge in [-0.2, -0.15) is 4.98 Å². The summed E-state index contributed by atoms with van der Waals surface area (Å²) in [6, 6.07) is 9.44. The van der Waals surface area contributed by atoms with E-state index < -0.39 is 0 Å². The quantitative estimate of drug-likeness (QED) is 0.867. The third kappa shape index (κ3) is 3.60. The second-order valence-electron chi connectivity index (χ2n) is 5.27. The van der Waals surface area contributed by atoms with Crippen molar-refractivity contribution in [3.63, 3.8) is 0 Å². The summed E-state index contributed by atoms with van der Waals surface area (Å²) in [5.41, 5.74) is 0.896. The number of piperidine rings is 1. The number of nitrogens with one attached hydrogen (secondary N) is 1. The number of ether oxygens (including phenoxy) is 1. The van der Waals surface area contributed by atoms with E-state index in [-0.39, 0.29) is 0 Å². The van der Waals surface area contributed by atoms with Crippen molar-refractivity contribution < 1.29 is 4.74 Å². The Morgan fingerprint density at radius 3 is 2.50 bits per heavy atom. The van der Waals surface area contributed by atoms with Crippen molar-refractivity contribution in [1.82, 2.24) is 9.97 Å². The maximum Gasteiger partial charge on any atom is 0.230 e. The molecule has 1 aliphatic rings. The van der Waals surface area contributed by atoms with Crippen LogP contribution in [0.15, 0.2) is 30.3 Å². The van der Waals surface area contributed by atoms with Gasteiger partial charge in [0.15, 0.2) is 0 Å². The van der Waals surface area contributed by atoms with Crippen LogP contribution in [0.5, 0.6) is 5.75 Å². The van der Waals surface area contributed by atoms with E-state index >= 15 is 0 Å². The lowest BCUT2D eigenvalue weighted by Crippen LogP contribution is -2.30. The number of hydrogen-bond acceptors (Lipinski definition) is 5. The summed E-state index contributed by atoms with van der Waals surface area (Å²) in [6.07, 6.45) is 3.68. The van der Waals surface area contributed by atoms with Crippen molar-refractivity contribution in [2.45, 2.75) is 19.3 Å². The van der Waals surface area contributed by atoms with Gasteiger partial charge in [-0.1, -0.05) is 11.6 Å². The Balaban J connectivity index is 1.79. The summed E-state index contributed by atoms with van der Waals surface area (Å²) >= 11 is 6.15. The molecule has 2 heterocycles. The number of methoxy groups -OCH3 is 1. The predicted molar refractivity (Wildman–Crippen MR) is 89.4 cm³/mol. The molecule has 6 heteroatoms. The molecule has 1 aliphatic heterocycles. The third-order valence-corrected chi connectivity index (χ3v) is 3.90. The lowest BCUT2D eigenvalue weighted by atomic mass is 10.1. The molecule has 0 amide bonds. The smallest absolute Gasteiger partial charge is 0.230 e. The van der Waals surface area contributed by atoms with Crippen molar-refractivity contribution in [2.75, 3.05) is 30.4 Å². The number of benzene rings is 1. The first-order chi connectivity index (χ1) is 10.7. The van der Waals surface area contributed by atoms with Gasteiger partial charge < -0.3 is 15.0 Å². The molecule has 1 N–H and O–H groups in total. The average molecular weight is 319 g/mol.